The number of carboxylic acids is 1. The summed E-state index contributed by atoms with van der Waals surface area (Å²) in [6.07, 6.45) is 8.19. The molecule has 0 aromatic heterocycles. The number of aliphatic carboxylic acids is 1. The molecule has 0 amide bonds. The average Bonchev–Trinajstić information content (AvgIpc) is 2.64. The number of unbranched alkanes of at least 4 members (excludes halogenated alkanes) is 1. The summed E-state index contributed by atoms with van der Waals surface area (Å²) in [7, 11) is 0. The first kappa shape index (κ1) is 12.8. The second-order valence-electron chi connectivity index (χ2n) is 4.12. The zero-order chi connectivity index (χ0) is 11.1. The van der Waals surface area contributed by atoms with Crippen molar-refractivity contribution in [2.45, 2.75) is 49.8 Å². The second-order valence-corrected chi connectivity index (χ2v) is 5.19. The summed E-state index contributed by atoms with van der Waals surface area (Å²) >= 11 is 1.95. The summed E-state index contributed by atoms with van der Waals surface area (Å²) in [5.41, 5.74) is 0. The molecule has 0 saturated heterocycles. The Morgan fingerprint density at radius 3 is 2.93 bits per heavy atom. The van der Waals surface area contributed by atoms with Crippen LogP contribution in [0.15, 0.2) is 0 Å². The third-order valence-electron chi connectivity index (χ3n) is 2.98. The Balaban J connectivity index is 2.02. The van der Waals surface area contributed by atoms with Crippen LogP contribution in [0, 0.1) is 0 Å². The van der Waals surface area contributed by atoms with Crippen LogP contribution in [0.25, 0.3) is 0 Å². The summed E-state index contributed by atoms with van der Waals surface area (Å²) in [6, 6.07) is 0.657. The largest absolute Gasteiger partial charge is 0.481 e. The summed E-state index contributed by atoms with van der Waals surface area (Å²) in [4.78, 5) is 10.3. The quantitative estimate of drug-likeness (QED) is 0.659. The molecule has 1 aliphatic carbocycles. The Hall–Kier alpha value is -0.220. The molecule has 3 nitrogen and oxygen atoms in total. The Labute approximate surface area is 96.0 Å². The number of carboxylic acid groups (broad SMARTS) is 1. The number of thioether (sulfide) groups is 1. The molecular weight excluding hydrogens is 210 g/mol. The van der Waals surface area contributed by atoms with Gasteiger partial charge in [0.25, 0.3) is 0 Å². The molecule has 2 unspecified atom stereocenters. The number of carbonyl (C=O) groups is 1. The molecule has 0 heterocycles. The molecule has 4 heteroatoms. The van der Waals surface area contributed by atoms with Gasteiger partial charge in [-0.3, -0.25) is 4.79 Å². The van der Waals surface area contributed by atoms with Gasteiger partial charge in [0.15, 0.2) is 0 Å². The van der Waals surface area contributed by atoms with Crippen molar-refractivity contribution in [2.75, 3.05) is 12.8 Å². The van der Waals surface area contributed by atoms with Crippen molar-refractivity contribution in [3.05, 3.63) is 0 Å². The number of nitrogens with one attached hydrogen (secondary N) is 1. The Morgan fingerprint density at radius 2 is 2.27 bits per heavy atom. The van der Waals surface area contributed by atoms with E-state index in [-0.39, 0.29) is 0 Å². The molecule has 0 bridgehead atoms. The average molecular weight is 231 g/mol. The van der Waals surface area contributed by atoms with E-state index < -0.39 is 5.97 Å². The van der Waals surface area contributed by atoms with Gasteiger partial charge in [0.05, 0.1) is 0 Å². The van der Waals surface area contributed by atoms with Gasteiger partial charge in [0.1, 0.15) is 0 Å². The first-order chi connectivity index (χ1) is 7.24. The minimum Gasteiger partial charge on any atom is -0.481 e. The smallest absolute Gasteiger partial charge is 0.303 e. The molecule has 1 saturated carbocycles. The van der Waals surface area contributed by atoms with Crippen LogP contribution >= 0.6 is 11.8 Å². The Morgan fingerprint density at radius 1 is 1.47 bits per heavy atom. The van der Waals surface area contributed by atoms with Gasteiger partial charge < -0.3 is 10.4 Å². The van der Waals surface area contributed by atoms with Gasteiger partial charge in [-0.2, -0.15) is 11.8 Å². The van der Waals surface area contributed by atoms with Crippen LogP contribution in [0.4, 0.5) is 0 Å². The molecule has 88 valence electrons. The highest BCUT2D eigenvalue weighted by molar-refractivity contribution is 7.99. The molecule has 0 aliphatic heterocycles. The van der Waals surface area contributed by atoms with E-state index in [1.54, 1.807) is 0 Å². The van der Waals surface area contributed by atoms with Crippen molar-refractivity contribution < 1.29 is 9.90 Å². The van der Waals surface area contributed by atoms with Crippen LogP contribution in [0.2, 0.25) is 0 Å². The van der Waals surface area contributed by atoms with Crippen molar-refractivity contribution in [1.29, 1.82) is 0 Å². The fourth-order valence-electron chi connectivity index (χ4n) is 2.13. The van der Waals surface area contributed by atoms with E-state index in [2.05, 4.69) is 11.6 Å². The molecule has 2 atom stereocenters. The number of hydrogen-bond acceptors (Lipinski definition) is 3. The van der Waals surface area contributed by atoms with E-state index in [4.69, 9.17) is 5.11 Å². The maximum absolute atomic E-state index is 10.3. The van der Waals surface area contributed by atoms with Crippen molar-refractivity contribution in [3.8, 4) is 0 Å². The van der Waals surface area contributed by atoms with E-state index in [1.165, 1.54) is 19.3 Å². The van der Waals surface area contributed by atoms with Crippen LogP contribution in [0.1, 0.15) is 38.5 Å². The lowest BCUT2D eigenvalue weighted by Gasteiger charge is -2.18. The summed E-state index contributed by atoms with van der Waals surface area (Å²) < 4.78 is 0. The molecular formula is C11H21NO2S. The molecule has 0 aromatic carbocycles. The van der Waals surface area contributed by atoms with Crippen LogP contribution < -0.4 is 5.32 Å². The lowest BCUT2D eigenvalue weighted by atomic mass is 10.2. The molecule has 0 radical (unpaired) electrons. The molecule has 1 fully saturated rings. The number of hydrogen-bond donors (Lipinski definition) is 2. The minimum absolute atomic E-state index is 0.304. The van der Waals surface area contributed by atoms with Crippen LogP contribution in [0.3, 0.4) is 0 Å². The van der Waals surface area contributed by atoms with Crippen molar-refractivity contribution in [3.63, 3.8) is 0 Å². The van der Waals surface area contributed by atoms with E-state index >= 15 is 0 Å². The standard InChI is InChI=1S/C11H21NO2S/c1-15-10-6-4-5-9(10)12-8-3-2-7-11(13)14/h9-10,12H,2-8H2,1H3,(H,13,14). The highest BCUT2D eigenvalue weighted by atomic mass is 32.2. The third kappa shape index (κ3) is 4.89. The topological polar surface area (TPSA) is 49.3 Å². The van der Waals surface area contributed by atoms with Gasteiger partial charge in [-0.25, -0.2) is 0 Å². The van der Waals surface area contributed by atoms with Gasteiger partial charge >= 0.3 is 5.97 Å². The second kappa shape index (κ2) is 7.12. The van der Waals surface area contributed by atoms with Gasteiger partial charge in [-0.1, -0.05) is 6.42 Å². The highest BCUT2D eigenvalue weighted by Gasteiger charge is 2.25. The lowest BCUT2D eigenvalue weighted by Crippen LogP contribution is -2.34. The van der Waals surface area contributed by atoms with E-state index in [0.29, 0.717) is 12.5 Å². The minimum atomic E-state index is -0.683. The monoisotopic (exact) mass is 231 g/mol. The Kier molecular flexibility index (Phi) is 6.10. The fourth-order valence-corrected chi connectivity index (χ4v) is 3.09. The van der Waals surface area contributed by atoms with Gasteiger partial charge in [-0.15, -0.1) is 0 Å². The zero-order valence-electron chi connectivity index (χ0n) is 9.37. The zero-order valence-corrected chi connectivity index (χ0v) is 10.2. The predicted octanol–water partition coefficient (Wildman–Crippen LogP) is 2.11. The summed E-state index contributed by atoms with van der Waals surface area (Å²) in [6.45, 7) is 0.967. The van der Waals surface area contributed by atoms with E-state index in [1.807, 2.05) is 11.8 Å². The first-order valence-corrected chi connectivity index (χ1v) is 7.01. The third-order valence-corrected chi connectivity index (χ3v) is 4.15. The fraction of sp³-hybridized carbons (Fsp3) is 0.909. The molecule has 0 aromatic rings. The van der Waals surface area contributed by atoms with E-state index in [0.717, 1.165) is 24.6 Å². The molecule has 15 heavy (non-hydrogen) atoms. The van der Waals surface area contributed by atoms with Gasteiger partial charge in [0, 0.05) is 17.7 Å². The van der Waals surface area contributed by atoms with Crippen molar-refractivity contribution >= 4 is 17.7 Å². The maximum Gasteiger partial charge on any atom is 0.303 e. The van der Waals surface area contributed by atoms with Gasteiger partial charge in [-0.05, 0) is 38.5 Å². The molecule has 2 N–H and O–H groups in total. The Bertz CT molecular complexity index is 199. The summed E-state index contributed by atoms with van der Waals surface area (Å²) in [5, 5.41) is 12.8. The van der Waals surface area contributed by atoms with Crippen LogP contribution in [-0.4, -0.2) is 35.2 Å². The van der Waals surface area contributed by atoms with E-state index in [9.17, 15) is 4.79 Å². The molecule has 0 spiro atoms. The predicted molar refractivity (Wildman–Crippen MR) is 64.4 cm³/mol. The normalized spacial score (nSPS) is 25.7. The molecule has 1 aliphatic rings. The SMILES string of the molecule is CSC1CCCC1NCCCCC(=O)O. The van der Waals surface area contributed by atoms with Crippen molar-refractivity contribution in [1.82, 2.24) is 5.32 Å². The lowest BCUT2D eigenvalue weighted by molar-refractivity contribution is -0.137. The molecule has 1 rings (SSSR count). The summed E-state index contributed by atoms with van der Waals surface area (Å²) in [5.74, 6) is -0.683. The van der Waals surface area contributed by atoms with Crippen LogP contribution in [0.5, 0.6) is 0 Å². The maximum atomic E-state index is 10.3. The van der Waals surface area contributed by atoms with Crippen molar-refractivity contribution in [2.24, 2.45) is 0 Å². The van der Waals surface area contributed by atoms with Gasteiger partial charge in [0.2, 0.25) is 0 Å². The van der Waals surface area contributed by atoms with Crippen LogP contribution in [-0.2, 0) is 4.79 Å². The number of rotatable bonds is 7. The highest BCUT2D eigenvalue weighted by Crippen LogP contribution is 2.28. The first-order valence-electron chi connectivity index (χ1n) is 5.72.